The fraction of sp³-hybridized carbons (Fsp3) is 0. The maximum Gasteiger partial charge on any atom is 0.206 e. The van der Waals surface area contributed by atoms with Crippen molar-refractivity contribution in [2.45, 2.75) is 19.6 Å². The number of hydrogen-bond donors (Lipinski definition) is 0. The van der Waals surface area contributed by atoms with Crippen LogP contribution in [0.2, 0.25) is 0 Å². The van der Waals surface area contributed by atoms with Crippen molar-refractivity contribution in [3.63, 3.8) is 0 Å². The number of halogens is 2. The third kappa shape index (κ3) is 5.22. The molecule has 4 aromatic carbocycles. The van der Waals surface area contributed by atoms with E-state index >= 15 is 0 Å². The van der Waals surface area contributed by atoms with Crippen LogP contribution < -0.4 is 4.74 Å². The van der Waals surface area contributed by atoms with Crippen LogP contribution in [-0.4, -0.2) is 16.8 Å². The second kappa shape index (κ2) is 9.42. The minimum atomic E-state index is -3.66. The van der Waals surface area contributed by atoms with Crippen LogP contribution in [0.1, 0.15) is 0 Å². The van der Waals surface area contributed by atoms with Gasteiger partial charge in [-0.1, -0.05) is 44.0 Å². The van der Waals surface area contributed by atoms with Crippen molar-refractivity contribution >= 4 is 51.5 Å². The van der Waals surface area contributed by atoms with Crippen LogP contribution in [-0.2, 0) is 19.7 Å². The summed E-state index contributed by atoms with van der Waals surface area (Å²) in [6.07, 6.45) is 0. The lowest BCUT2D eigenvalue weighted by Gasteiger charge is -2.09. The highest BCUT2D eigenvalue weighted by molar-refractivity contribution is 9.10. The van der Waals surface area contributed by atoms with Gasteiger partial charge < -0.3 is 4.74 Å². The Labute approximate surface area is 209 Å². The number of hydrogen-bond acceptors (Lipinski definition) is 5. The van der Waals surface area contributed by atoms with E-state index in [0.29, 0.717) is 20.4 Å². The number of rotatable bonds is 6. The minimum absolute atomic E-state index is 0.142. The van der Waals surface area contributed by atoms with Crippen molar-refractivity contribution in [3.05, 3.63) is 106 Å². The van der Waals surface area contributed by atoms with Gasteiger partial charge in [0.15, 0.2) is 0 Å². The molecule has 0 heterocycles. The average molecular weight is 608 g/mol. The fourth-order valence-corrected chi connectivity index (χ4v) is 6.76. The van der Waals surface area contributed by atoms with E-state index in [1.165, 1.54) is 36.4 Å². The van der Waals surface area contributed by atoms with Crippen molar-refractivity contribution in [2.24, 2.45) is 0 Å². The van der Waals surface area contributed by atoms with Crippen molar-refractivity contribution in [1.82, 2.24) is 0 Å². The zero-order valence-corrected chi connectivity index (χ0v) is 21.7. The summed E-state index contributed by atoms with van der Waals surface area (Å²) >= 11 is 6.57. The molecule has 0 N–H and O–H groups in total. The standard InChI is InChI=1S/C24H16Br2O5S2/c25-17-3-1-5-23(15-17)32(27,28)21-11-7-19(8-12-21)31-20-9-13-22(14-10-20)33(29,30)24-6-2-4-18(26)16-24/h1-16H. The Balaban J connectivity index is 1.52. The highest BCUT2D eigenvalue weighted by Gasteiger charge is 2.19. The molecule has 0 bridgehead atoms. The first-order chi connectivity index (χ1) is 15.7. The van der Waals surface area contributed by atoms with Gasteiger partial charge in [0.05, 0.1) is 19.6 Å². The second-order valence-corrected chi connectivity index (χ2v) is 12.7. The molecule has 168 valence electrons. The van der Waals surface area contributed by atoms with E-state index in [9.17, 15) is 16.8 Å². The van der Waals surface area contributed by atoms with Crippen molar-refractivity contribution in [3.8, 4) is 11.5 Å². The van der Waals surface area contributed by atoms with E-state index in [4.69, 9.17) is 4.74 Å². The topological polar surface area (TPSA) is 77.5 Å². The Morgan fingerprint density at radius 3 is 1.18 bits per heavy atom. The van der Waals surface area contributed by atoms with E-state index < -0.39 is 19.7 Å². The van der Waals surface area contributed by atoms with Crippen LogP contribution in [0.15, 0.2) is 126 Å². The molecule has 0 saturated heterocycles. The van der Waals surface area contributed by atoms with E-state index in [-0.39, 0.29) is 19.6 Å². The van der Waals surface area contributed by atoms with E-state index in [0.717, 1.165) is 0 Å². The first-order valence-corrected chi connectivity index (χ1v) is 14.1. The molecule has 5 nitrogen and oxygen atoms in total. The van der Waals surface area contributed by atoms with Gasteiger partial charge in [-0.25, -0.2) is 16.8 Å². The molecule has 0 radical (unpaired) electrons. The molecule has 0 aliphatic heterocycles. The molecule has 0 fully saturated rings. The zero-order chi connectivity index (χ0) is 23.6. The van der Waals surface area contributed by atoms with E-state index in [1.54, 1.807) is 60.7 Å². The van der Waals surface area contributed by atoms with Gasteiger partial charge in [0.2, 0.25) is 19.7 Å². The lowest BCUT2D eigenvalue weighted by Crippen LogP contribution is -2.02. The summed E-state index contributed by atoms with van der Waals surface area (Å²) in [5, 5.41) is 0. The molecule has 0 spiro atoms. The molecular weight excluding hydrogens is 592 g/mol. The van der Waals surface area contributed by atoms with Gasteiger partial charge >= 0.3 is 0 Å². The molecule has 0 aliphatic carbocycles. The fourth-order valence-electron chi connectivity index (χ4n) is 3.05. The lowest BCUT2D eigenvalue weighted by atomic mass is 10.3. The Morgan fingerprint density at radius 2 is 0.848 bits per heavy atom. The molecule has 0 unspecified atom stereocenters. The molecule has 0 saturated carbocycles. The summed E-state index contributed by atoms with van der Waals surface area (Å²) in [7, 11) is -7.32. The van der Waals surface area contributed by atoms with Gasteiger partial charge in [0, 0.05) is 8.95 Å². The highest BCUT2D eigenvalue weighted by atomic mass is 79.9. The van der Waals surface area contributed by atoms with Crippen LogP contribution in [0.3, 0.4) is 0 Å². The maximum absolute atomic E-state index is 12.8. The van der Waals surface area contributed by atoms with Crippen molar-refractivity contribution in [2.75, 3.05) is 0 Å². The number of sulfone groups is 2. The van der Waals surface area contributed by atoms with Crippen LogP contribution in [0.4, 0.5) is 0 Å². The highest BCUT2D eigenvalue weighted by Crippen LogP contribution is 2.29. The summed E-state index contributed by atoms with van der Waals surface area (Å²) in [5.41, 5.74) is 0. The Kier molecular flexibility index (Phi) is 6.76. The molecule has 33 heavy (non-hydrogen) atoms. The van der Waals surface area contributed by atoms with Crippen molar-refractivity contribution in [1.29, 1.82) is 0 Å². The SMILES string of the molecule is O=S(=O)(c1ccc(Oc2ccc(S(=O)(=O)c3cccc(Br)c3)cc2)cc1)c1cccc(Br)c1. The maximum atomic E-state index is 12.8. The second-order valence-electron chi connectivity index (χ2n) is 6.97. The van der Waals surface area contributed by atoms with Gasteiger partial charge in [-0.05, 0) is 84.9 Å². The van der Waals surface area contributed by atoms with Gasteiger partial charge in [-0.15, -0.1) is 0 Å². The lowest BCUT2D eigenvalue weighted by molar-refractivity contribution is 0.481. The average Bonchev–Trinajstić information content (AvgIpc) is 2.80. The van der Waals surface area contributed by atoms with Crippen LogP contribution in [0.25, 0.3) is 0 Å². The molecule has 0 aromatic heterocycles. The predicted octanol–water partition coefficient (Wildman–Crippen LogP) is 6.67. The van der Waals surface area contributed by atoms with Crippen LogP contribution in [0, 0.1) is 0 Å². The molecule has 4 aromatic rings. The summed E-state index contributed by atoms with van der Waals surface area (Å²) in [6.45, 7) is 0. The minimum Gasteiger partial charge on any atom is -0.457 e. The quantitative estimate of drug-likeness (QED) is 0.245. The third-order valence-electron chi connectivity index (χ3n) is 4.72. The largest absolute Gasteiger partial charge is 0.457 e. The Morgan fingerprint density at radius 1 is 0.485 bits per heavy atom. The monoisotopic (exact) mass is 606 g/mol. The molecule has 0 atom stereocenters. The first kappa shape index (κ1) is 23.7. The third-order valence-corrected chi connectivity index (χ3v) is 9.24. The molecular formula is C24H16Br2O5S2. The normalized spacial score (nSPS) is 11.8. The van der Waals surface area contributed by atoms with Gasteiger partial charge in [-0.3, -0.25) is 0 Å². The van der Waals surface area contributed by atoms with Crippen LogP contribution >= 0.6 is 31.9 Å². The molecule has 0 aliphatic rings. The first-order valence-electron chi connectivity index (χ1n) is 9.55. The predicted molar refractivity (Wildman–Crippen MR) is 132 cm³/mol. The van der Waals surface area contributed by atoms with E-state index in [2.05, 4.69) is 31.9 Å². The van der Waals surface area contributed by atoms with Gasteiger partial charge in [-0.2, -0.15) is 0 Å². The molecule has 4 rings (SSSR count). The van der Waals surface area contributed by atoms with Crippen molar-refractivity contribution < 1.29 is 21.6 Å². The van der Waals surface area contributed by atoms with Crippen LogP contribution in [0.5, 0.6) is 11.5 Å². The summed E-state index contributed by atoms with van der Waals surface area (Å²) in [6, 6.07) is 25.1. The van der Waals surface area contributed by atoms with Gasteiger partial charge in [0.25, 0.3) is 0 Å². The summed E-state index contributed by atoms with van der Waals surface area (Å²) in [4.78, 5) is 0.660. The number of ether oxygens (including phenoxy) is 1. The Bertz CT molecular complexity index is 1400. The Hall–Kier alpha value is -2.46. The number of benzene rings is 4. The van der Waals surface area contributed by atoms with Gasteiger partial charge in [0.1, 0.15) is 11.5 Å². The zero-order valence-electron chi connectivity index (χ0n) is 16.9. The molecule has 0 amide bonds. The summed E-state index contributed by atoms with van der Waals surface area (Å²) < 4.78 is 58.3. The van der Waals surface area contributed by atoms with E-state index in [1.807, 2.05) is 0 Å². The summed E-state index contributed by atoms with van der Waals surface area (Å²) in [5.74, 6) is 0.844. The molecule has 9 heteroatoms. The smallest absolute Gasteiger partial charge is 0.206 e.